The molecule has 0 unspecified atom stereocenters. The zero-order chi connectivity index (χ0) is 23.7. The van der Waals surface area contributed by atoms with Crippen molar-refractivity contribution in [3.8, 4) is 0 Å². The number of morpholine rings is 2. The van der Waals surface area contributed by atoms with Gasteiger partial charge in [0, 0.05) is 57.6 Å². The normalized spacial score (nSPS) is 19.9. The van der Waals surface area contributed by atoms with Gasteiger partial charge in [0.25, 0.3) is 17.5 Å². The number of urea groups is 1. The van der Waals surface area contributed by atoms with Crippen LogP contribution in [0, 0.1) is 10.1 Å². The van der Waals surface area contributed by atoms with E-state index in [4.69, 9.17) is 9.47 Å². The number of rotatable bonds is 4. The molecule has 0 radical (unpaired) electrons. The Morgan fingerprint density at radius 1 is 0.848 bits per heavy atom. The quantitative estimate of drug-likeness (QED) is 0.277. The summed E-state index contributed by atoms with van der Waals surface area (Å²) in [6.07, 6.45) is 1.34. The first-order valence-corrected chi connectivity index (χ1v) is 10.6. The van der Waals surface area contributed by atoms with Crippen molar-refractivity contribution in [1.29, 1.82) is 0 Å². The summed E-state index contributed by atoms with van der Waals surface area (Å²) < 4.78 is 10.8. The van der Waals surface area contributed by atoms with Gasteiger partial charge < -0.3 is 19.3 Å². The van der Waals surface area contributed by atoms with E-state index < -0.39 is 22.8 Å². The van der Waals surface area contributed by atoms with Gasteiger partial charge in [-0.2, -0.15) is 0 Å². The Labute approximate surface area is 190 Å². The fraction of sp³-hybridized carbons (Fsp3) is 0.476. The maximum absolute atomic E-state index is 12.7. The molecule has 0 aromatic heterocycles. The zero-order valence-electron chi connectivity index (χ0n) is 18.5. The number of carbonyl (C=O) groups is 3. The molecule has 1 aromatic carbocycles. The van der Waals surface area contributed by atoms with Crippen LogP contribution in [-0.2, 0) is 19.1 Å². The highest BCUT2D eigenvalue weighted by molar-refractivity contribution is 6.30. The van der Waals surface area contributed by atoms with Crippen molar-refractivity contribution in [1.82, 2.24) is 9.80 Å². The van der Waals surface area contributed by atoms with Crippen LogP contribution in [-0.4, -0.2) is 99.3 Å². The standard InChI is InChI=1S/C21H25N5O7/c1-22-19(27)15(20(28)23(2)21(22)29)11-14-12-18(26(30)31)17(25-5-9-33-10-6-25)13-16(14)24-3-7-32-8-4-24/h11-13H,3-10H2,1-2H3. The molecular formula is C21H25N5O7. The molecule has 1 aromatic rings. The molecular weight excluding hydrogens is 434 g/mol. The average Bonchev–Trinajstić information content (AvgIpc) is 2.84. The molecule has 3 saturated heterocycles. The topological polar surface area (TPSA) is 126 Å². The molecule has 4 amide bonds. The number of imide groups is 2. The number of barbiturate groups is 1. The summed E-state index contributed by atoms with van der Waals surface area (Å²) in [6.45, 7) is 4.02. The van der Waals surface area contributed by atoms with Crippen molar-refractivity contribution in [2.75, 3.05) is 76.5 Å². The van der Waals surface area contributed by atoms with Crippen LogP contribution in [0.3, 0.4) is 0 Å². The Balaban J connectivity index is 1.87. The van der Waals surface area contributed by atoms with Crippen molar-refractivity contribution in [2.45, 2.75) is 0 Å². The number of hydrogen-bond acceptors (Lipinski definition) is 9. The lowest BCUT2D eigenvalue weighted by Gasteiger charge is -2.33. The van der Waals surface area contributed by atoms with E-state index in [9.17, 15) is 24.5 Å². The molecule has 3 fully saturated rings. The molecule has 4 rings (SSSR count). The molecule has 3 aliphatic heterocycles. The first-order chi connectivity index (χ1) is 15.8. The van der Waals surface area contributed by atoms with Crippen LogP contribution in [0.2, 0.25) is 0 Å². The van der Waals surface area contributed by atoms with Crippen molar-refractivity contribution in [3.05, 3.63) is 33.4 Å². The smallest absolute Gasteiger partial charge is 0.333 e. The number of likely N-dealkylation sites (N-methyl/N-ethyl adjacent to an activating group) is 2. The third kappa shape index (κ3) is 4.26. The van der Waals surface area contributed by atoms with Gasteiger partial charge in [0.05, 0.1) is 31.4 Å². The number of amides is 4. The highest BCUT2D eigenvalue weighted by Gasteiger charge is 2.38. The largest absolute Gasteiger partial charge is 0.378 e. The summed E-state index contributed by atoms with van der Waals surface area (Å²) >= 11 is 0. The molecule has 12 heteroatoms. The molecule has 0 atom stereocenters. The van der Waals surface area contributed by atoms with E-state index in [-0.39, 0.29) is 11.3 Å². The lowest BCUT2D eigenvalue weighted by atomic mass is 10.0. The summed E-state index contributed by atoms with van der Waals surface area (Å²) in [7, 11) is 2.57. The number of carbonyl (C=O) groups excluding carboxylic acids is 3. The second-order valence-corrected chi connectivity index (χ2v) is 7.92. The number of nitro benzene ring substituents is 1. The molecule has 0 aliphatic carbocycles. The van der Waals surface area contributed by atoms with E-state index in [0.717, 1.165) is 9.80 Å². The number of nitro groups is 1. The number of nitrogens with zero attached hydrogens (tertiary/aromatic N) is 5. The fourth-order valence-corrected chi connectivity index (χ4v) is 4.11. The van der Waals surface area contributed by atoms with Crippen molar-refractivity contribution < 1.29 is 28.8 Å². The minimum atomic E-state index is -0.754. The van der Waals surface area contributed by atoms with E-state index >= 15 is 0 Å². The predicted octanol–water partition coefficient (Wildman–Crippen LogP) is 0.702. The van der Waals surface area contributed by atoms with Crippen LogP contribution < -0.4 is 9.80 Å². The SMILES string of the molecule is CN1C(=O)C(=Cc2cc([N+](=O)[O-])c(N3CCOCC3)cc2N2CCOCC2)C(=O)N(C)C1=O. The molecule has 12 nitrogen and oxygen atoms in total. The van der Waals surface area contributed by atoms with Crippen molar-refractivity contribution in [3.63, 3.8) is 0 Å². The van der Waals surface area contributed by atoms with Crippen LogP contribution in [0.15, 0.2) is 17.7 Å². The van der Waals surface area contributed by atoms with E-state index in [1.54, 1.807) is 6.07 Å². The third-order valence-corrected chi connectivity index (χ3v) is 5.97. The highest BCUT2D eigenvalue weighted by Crippen LogP contribution is 2.38. The molecule has 176 valence electrons. The Morgan fingerprint density at radius 3 is 1.82 bits per heavy atom. The van der Waals surface area contributed by atoms with Crippen LogP contribution in [0.4, 0.5) is 21.9 Å². The summed E-state index contributed by atoms with van der Waals surface area (Å²) in [5, 5.41) is 12.0. The molecule has 3 aliphatic rings. The third-order valence-electron chi connectivity index (χ3n) is 5.97. The summed E-state index contributed by atoms with van der Waals surface area (Å²) in [5.74, 6) is -1.51. The minimum Gasteiger partial charge on any atom is -0.378 e. The van der Waals surface area contributed by atoms with Gasteiger partial charge in [0.2, 0.25) is 0 Å². The van der Waals surface area contributed by atoms with Gasteiger partial charge in [-0.1, -0.05) is 0 Å². The van der Waals surface area contributed by atoms with E-state index in [1.165, 1.54) is 26.2 Å². The highest BCUT2D eigenvalue weighted by atomic mass is 16.6. The molecule has 33 heavy (non-hydrogen) atoms. The molecule has 0 spiro atoms. The molecule has 3 heterocycles. The van der Waals surface area contributed by atoms with Gasteiger partial charge in [-0.05, 0) is 12.1 Å². The first-order valence-electron chi connectivity index (χ1n) is 10.6. The summed E-state index contributed by atoms with van der Waals surface area (Å²) in [4.78, 5) is 54.6. The fourth-order valence-electron chi connectivity index (χ4n) is 4.11. The van der Waals surface area contributed by atoms with E-state index in [0.29, 0.717) is 69.5 Å². The van der Waals surface area contributed by atoms with Crippen LogP contribution in [0.5, 0.6) is 0 Å². The van der Waals surface area contributed by atoms with Gasteiger partial charge in [-0.3, -0.25) is 29.5 Å². The number of anilines is 2. The first kappa shape index (κ1) is 22.7. The number of hydrogen-bond donors (Lipinski definition) is 0. The van der Waals surface area contributed by atoms with Gasteiger partial charge in [0.1, 0.15) is 11.3 Å². The molecule has 0 saturated carbocycles. The Kier molecular flexibility index (Phi) is 6.29. The lowest BCUT2D eigenvalue weighted by Crippen LogP contribution is -2.52. The summed E-state index contributed by atoms with van der Waals surface area (Å²) in [6, 6.07) is 2.39. The number of ether oxygens (including phenoxy) is 2. The van der Waals surface area contributed by atoms with Gasteiger partial charge >= 0.3 is 6.03 Å². The maximum atomic E-state index is 12.7. The van der Waals surface area contributed by atoms with Gasteiger partial charge in [-0.25, -0.2) is 4.79 Å². The van der Waals surface area contributed by atoms with E-state index in [1.807, 2.05) is 9.80 Å². The van der Waals surface area contributed by atoms with Crippen molar-refractivity contribution in [2.24, 2.45) is 0 Å². The van der Waals surface area contributed by atoms with Gasteiger partial charge in [-0.15, -0.1) is 0 Å². The number of benzene rings is 1. The second-order valence-electron chi connectivity index (χ2n) is 7.92. The lowest BCUT2D eigenvalue weighted by molar-refractivity contribution is -0.384. The molecule has 0 bridgehead atoms. The average molecular weight is 459 g/mol. The Bertz CT molecular complexity index is 1000. The zero-order valence-corrected chi connectivity index (χ0v) is 18.5. The molecule has 0 N–H and O–H groups in total. The van der Waals surface area contributed by atoms with Crippen LogP contribution >= 0.6 is 0 Å². The summed E-state index contributed by atoms with van der Waals surface area (Å²) in [5.41, 5.74) is 1.10. The Hall–Kier alpha value is -3.51. The Morgan fingerprint density at radius 2 is 1.33 bits per heavy atom. The van der Waals surface area contributed by atoms with Crippen molar-refractivity contribution >= 4 is 41.0 Å². The predicted molar refractivity (Wildman–Crippen MR) is 118 cm³/mol. The van der Waals surface area contributed by atoms with Crippen LogP contribution in [0.25, 0.3) is 6.08 Å². The maximum Gasteiger partial charge on any atom is 0.333 e. The van der Waals surface area contributed by atoms with E-state index in [2.05, 4.69) is 0 Å². The monoisotopic (exact) mass is 459 g/mol. The van der Waals surface area contributed by atoms with Crippen LogP contribution in [0.1, 0.15) is 5.56 Å². The second kappa shape index (κ2) is 9.16. The van der Waals surface area contributed by atoms with Gasteiger partial charge in [0.15, 0.2) is 0 Å². The minimum absolute atomic E-state index is 0.130.